The second kappa shape index (κ2) is 11.7. The Morgan fingerprint density at radius 3 is 2.85 bits per heavy atom. The minimum atomic E-state index is 0.199. The summed E-state index contributed by atoms with van der Waals surface area (Å²) in [4.78, 5) is 4.55. The first-order valence-corrected chi connectivity index (χ1v) is 9.96. The van der Waals surface area contributed by atoms with Crippen LogP contribution in [0.5, 0.6) is 5.75 Å². The van der Waals surface area contributed by atoms with E-state index in [9.17, 15) is 0 Å². The van der Waals surface area contributed by atoms with Crippen molar-refractivity contribution in [2.45, 2.75) is 32.9 Å². The van der Waals surface area contributed by atoms with E-state index in [1.54, 1.807) is 0 Å². The third-order valence-electron chi connectivity index (χ3n) is 4.77. The van der Waals surface area contributed by atoms with Gasteiger partial charge in [-0.3, -0.25) is 4.90 Å². The molecule has 1 fully saturated rings. The second-order valence-electron chi connectivity index (χ2n) is 6.89. The van der Waals surface area contributed by atoms with Crippen molar-refractivity contribution in [2.24, 2.45) is 0 Å². The van der Waals surface area contributed by atoms with E-state index in [1.165, 1.54) is 5.56 Å². The molecule has 1 aromatic rings. The maximum absolute atomic E-state index is 5.99. The molecule has 0 aliphatic carbocycles. The first-order chi connectivity index (χ1) is 13.1. The molecule has 1 saturated heterocycles. The molecule has 1 unspecified atom stereocenters. The molecule has 0 spiro atoms. The van der Waals surface area contributed by atoms with E-state index in [2.05, 4.69) is 67.0 Å². The van der Waals surface area contributed by atoms with Gasteiger partial charge in [0.05, 0.1) is 19.4 Å². The minimum Gasteiger partial charge on any atom is -0.492 e. The molecule has 2 rings (SSSR count). The Labute approximate surface area is 164 Å². The zero-order chi connectivity index (χ0) is 19.5. The highest BCUT2D eigenvalue weighted by atomic mass is 16.5. The Hall–Kier alpha value is -1.98. The molecule has 1 aromatic carbocycles. The zero-order valence-corrected chi connectivity index (χ0v) is 17.1. The molecule has 1 atom stereocenters. The lowest BCUT2D eigenvalue weighted by Crippen LogP contribution is -2.38. The molecular weight excluding hydrogens is 338 g/mol. The van der Waals surface area contributed by atoms with Gasteiger partial charge in [0.2, 0.25) is 0 Å². The first kappa shape index (κ1) is 21.3. The number of hydrogen-bond donors (Lipinski definition) is 1. The van der Waals surface area contributed by atoms with Crippen LogP contribution >= 0.6 is 0 Å². The molecule has 5 heteroatoms. The van der Waals surface area contributed by atoms with Crippen molar-refractivity contribution in [1.29, 1.82) is 0 Å². The van der Waals surface area contributed by atoms with E-state index in [0.717, 1.165) is 57.1 Å². The van der Waals surface area contributed by atoms with Crippen LogP contribution in [0.25, 0.3) is 0 Å². The smallest absolute Gasteiger partial charge is 0.119 e. The highest BCUT2D eigenvalue weighted by Gasteiger charge is 2.11. The summed E-state index contributed by atoms with van der Waals surface area (Å²) in [6.45, 7) is 13.5. The van der Waals surface area contributed by atoms with Gasteiger partial charge in [-0.05, 0) is 49.7 Å². The summed E-state index contributed by atoms with van der Waals surface area (Å²) < 4.78 is 11.4. The van der Waals surface area contributed by atoms with Gasteiger partial charge in [0.15, 0.2) is 0 Å². The number of anilines is 1. The van der Waals surface area contributed by atoms with Gasteiger partial charge in [-0.25, -0.2) is 0 Å². The average Bonchev–Trinajstić information content (AvgIpc) is 2.69. The Morgan fingerprint density at radius 2 is 2.15 bits per heavy atom. The summed E-state index contributed by atoms with van der Waals surface area (Å²) in [5.74, 6) is 0.914. The highest BCUT2D eigenvalue weighted by Crippen LogP contribution is 2.24. The first-order valence-electron chi connectivity index (χ1n) is 9.96. The van der Waals surface area contributed by atoms with Gasteiger partial charge in [0, 0.05) is 32.4 Å². The fraction of sp³-hybridized carbons (Fsp3) is 0.545. The molecule has 0 bridgehead atoms. The van der Waals surface area contributed by atoms with Crippen LogP contribution in [0.1, 0.15) is 25.8 Å². The second-order valence-corrected chi connectivity index (χ2v) is 6.89. The Morgan fingerprint density at radius 1 is 1.37 bits per heavy atom. The monoisotopic (exact) mass is 373 g/mol. The molecule has 0 aromatic heterocycles. The van der Waals surface area contributed by atoms with E-state index >= 15 is 0 Å². The molecule has 1 aliphatic heterocycles. The number of allylic oxidation sites excluding steroid dienone is 2. The molecule has 1 heterocycles. The van der Waals surface area contributed by atoms with Gasteiger partial charge in [0.1, 0.15) is 12.4 Å². The topological polar surface area (TPSA) is 37.0 Å². The van der Waals surface area contributed by atoms with Crippen molar-refractivity contribution >= 4 is 5.69 Å². The number of hydrogen-bond acceptors (Lipinski definition) is 5. The van der Waals surface area contributed by atoms with E-state index < -0.39 is 0 Å². The van der Waals surface area contributed by atoms with E-state index in [4.69, 9.17) is 9.47 Å². The minimum absolute atomic E-state index is 0.199. The van der Waals surface area contributed by atoms with Crippen molar-refractivity contribution in [3.05, 3.63) is 48.7 Å². The molecule has 5 nitrogen and oxygen atoms in total. The summed E-state index contributed by atoms with van der Waals surface area (Å²) in [6, 6.07) is 6.28. The normalized spacial score (nSPS) is 16.3. The Balaban J connectivity index is 1.93. The van der Waals surface area contributed by atoms with E-state index in [0.29, 0.717) is 6.61 Å². The fourth-order valence-corrected chi connectivity index (χ4v) is 2.97. The summed E-state index contributed by atoms with van der Waals surface area (Å²) >= 11 is 0. The molecule has 0 saturated carbocycles. The van der Waals surface area contributed by atoms with Crippen LogP contribution in [0.15, 0.2) is 43.1 Å². The van der Waals surface area contributed by atoms with Crippen molar-refractivity contribution in [3.8, 4) is 5.75 Å². The molecule has 27 heavy (non-hydrogen) atoms. The van der Waals surface area contributed by atoms with Crippen LogP contribution in [0.4, 0.5) is 5.69 Å². The van der Waals surface area contributed by atoms with Gasteiger partial charge in [-0.15, -0.1) is 6.58 Å². The predicted octanol–water partition coefficient (Wildman–Crippen LogP) is 3.74. The van der Waals surface area contributed by atoms with Crippen molar-refractivity contribution in [2.75, 3.05) is 51.8 Å². The maximum atomic E-state index is 5.99. The molecule has 0 amide bonds. The zero-order valence-electron chi connectivity index (χ0n) is 17.1. The number of nitrogens with zero attached hydrogens (tertiary/aromatic N) is 2. The lowest BCUT2D eigenvalue weighted by atomic mass is 10.1. The maximum Gasteiger partial charge on any atom is 0.119 e. The molecule has 150 valence electrons. The van der Waals surface area contributed by atoms with Crippen LogP contribution in [0, 0.1) is 0 Å². The SMILES string of the molecule is C=CCc1cc(OCCN2CCOCC2)ccc1NC(C)N(C)/C=C\CC. The summed E-state index contributed by atoms with van der Waals surface area (Å²) in [5.41, 5.74) is 2.33. The quantitative estimate of drug-likeness (QED) is 0.472. The predicted molar refractivity (Wildman–Crippen MR) is 113 cm³/mol. The van der Waals surface area contributed by atoms with Crippen LogP contribution in [0.3, 0.4) is 0 Å². The lowest BCUT2D eigenvalue weighted by molar-refractivity contribution is 0.0322. The molecule has 1 aliphatic rings. The standard InChI is InChI=1S/C22H35N3O2/c1-5-7-11-24(4)19(3)23-22-10-9-21(18-20(22)8-6-2)27-17-14-25-12-15-26-16-13-25/h6-7,9-11,18-19,23H,2,5,8,12-17H2,1,3-4H3/b11-7-. The molecule has 0 radical (unpaired) electrons. The van der Waals surface area contributed by atoms with E-state index in [1.807, 2.05) is 12.1 Å². The van der Waals surface area contributed by atoms with E-state index in [-0.39, 0.29) is 6.17 Å². The lowest BCUT2D eigenvalue weighted by Gasteiger charge is -2.27. The average molecular weight is 374 g/mol. The number of morpholine rings is 1. The number of nitrogens with one attached hydrogen (secondary N) is 1. The number of benzene rings is 1. The van der Waals surface area contributed by atoms with Gasteiger partial charge >= 0.3 is 0 Å². The van der Waals surface area contributed by atoms with Crippen LogP contribution < -0.4 is 10.1 Å². The summed E-state index contributed by atoms with van der Waals surface area (Å²) in [7, 11) is 2.08. The third kappa shape index (κ3) is 7.27. The number of rotatable bonds is 11. The Bertz CT molecular complexity index is 597. The van der Waals surface area contributed by atoms with Crippen LogP contribution in [0.2, 0.25) is 0 Å². The summed E-state index contributed by atoms with van der Waals surface area (Å²) in [6.07, 6.45) is 8.26. The highest BCUT2D eigenvalue weighted by molar-refractivity contribution is 5.55. The van der Waals surface area contributed by atoms with Gasteiger partial charge in [-0.1, -0.05) is 19.1 Å². The summed E-state index contributed by atoms with van der Waals surface area (Å²) in [5, 5.41) is 3.59. The molecule has 1 N–H and O–H groups in total. The van der Waals surface area contributed by atoms with Gasteiger partial charge in [0.25, 0.3) is 0 Å². The third-order valence-corrected chi connectivity index (χ3v) is 4.77. The number of ether oxygens (including phenoxy) is 2. The van der Waals surface area contributed by atoms with Crippen LogP contribution in [-0.4, -0.2) is 62.5 Å². The Kier molecular flexibility index (Phi) is 9.22. The van der Waals surface area contributed by atoms with Gasteiger partial charge < -0.3 is 19.7 Å². The molecular formula is C22H35N3O2. The van der Waals surface area contributed by atoms with Gasteiger partial charge in [-0.2, -0.15) is 0 Å². The fourth-order valence-electron chi connectivity index (χ4n) is 2.97. The van der Waals surface area contributed by atoms with Crippen molar-refractivity contribution in [1.82, 2.24) is 9.80 Å². The van der Waals surface area contributed by atoms with Crippen molar-refractivity contribution in [3.63, 3.8) is 0 Å². The largest absolute Gasteiger partial charge is 0.492 e. The van der Waals surface area contributed by atoms with Crippen LogP contribution in [-0.2, 0) is 11.2 Å². The van der Waals surface area contributed by atoms with Crippen molar-refractivity contribution < 1.29 is 9.47 Å².